The monoisotopic (exact) mass is 286 g/mol. The molecular formula is C12H18N2O2S2. The lowest BCUT2D eigenvalue weighted by molar-refractivity contribution is 0.0702. The lowest BCUT2D eigenvalue weighted by atomic mass is 10.3. The number of aromatic carboxylic acids is 1. The molecule has 18 heavy (non-hydrogen) atoms. The highest BCUT2D eigenvalue weighted by atomic mass is 32.2. The largest absolute Gasteiger partial charge is 0.477 e. The molecule has 4 nitrogen and oxygen atoms in total. The number of hydrogen-bond acceptors (Lipinski definition) is 5. The third kappa shape index (κ3) is 3.98. The molecule has 0 unspecified atom stereocenters. The van der Waals surface area contributed by atoms with Crippen molar-refractivity contribution < 1.29 is 9.90 Å². The zero-order valence-electron chi connectivity index (χ0n) is 10.5. The molecule has 0 saturated carbocycles. The summed E-state index contributed by atoms with van der Waals surface area (Å²) in [5, 5.41) is 10.8. The summed E-state index contributed by atoms with van der Waals surface area (Å²) in [6.45, 7) is 5.65. The summed E-state index contributed by atoms with van der Waals surface area (Å²) in [5.74, 6) is 0.199. The van der Waals surface area contributed by atoms with Crippen LogP contribution in [-0.2, 0) is 0 Å². The summed E-state index contributed by atoms with van der Waals surface area (Å²) >= 11 is 3.05. The standard InChI is InChI=1S/C12H18N2O2S2/c1-13-2-4-14(5-3-13)6-7-17-10-8-11(12(15)16)18-9-10/h8-9H,2-7H2,1H3,(H,15,16). The summed E-state index contributed by atoms with van der Waals surface area (Å²) in [6, 6.07) is 1.77. The maximum absolute atomic E-state index is 10.8. The Kier molecular flexibility index (Phi) is 5.05. The molecule has 1 saturated heterocycles. The predicted octanol–water partition coefficient (Wildman–Crippen LogP) is 1.79. The minimum absolute atomic E-state index is 0.428. The van der Waals surface area contributed by atoms with Gasteiger partial charge in [0.2, 0.25) is 0 Å². The number of carbonyl (C=O) groups is 1. The fourth-order valence-corrected chi connectivity index (χ4v) is 3.76. The highest BCUT2D eigenvalue weighted by Gasteiger charge is 2.13. The minimum Gasteiger partial charge on any atom is -0.477 e. The number of carboxylic acid groups (broad SMARTS) is 1. The molecule has 1 N–H and O–H groups in total. The Morgan fingerprint density at radius 3 is 2.78 bits per heavy atom. The number of carboxylic acids is 1. The third-order valence-electron chi connectivity index (χ3n) is 3.06. The van der Waals surface area contributed by atoms with Gasteiger partial charge in [-0.15, -0.1) is 23.1 Å². The van der Waals surface area contributed by atoms with Crippen LogP contribution in [0.15, 0.2) is 16.3 Å². The number of thiophene rings is 1. The van der Waals surface area contributed by atoms with Crippen molar-refractivity contribution in [3.8, 4) is 0 Å². The van der Waals surface area contributed by atoms with E-state index in [2.05, 4.69) is 16.8 Å². The molecule has 0 radical (unpaired) electrons. The predicted molar refractivity (Wildman–Crippen MR) is 75.9 cm³/mol. The van der Waals surface area contributed by atoms with E-state index in [0.29, 0.717) is 4.88 Å². The fourth-order valence-electron chi connectivity index (χ4n) is 1.87. The van der Waals surface area contributed by atoms with Gasteiger partial charge in [-0.2, -0.15) is 0 Å². The van der Waals surface area contributed by atoms with Crippen molar-refractivity contribution >= 4 is 29.1 Å². The quantitative estimate of drug-likeness (QED) is 0.836. The van der Waals surface area contributed by atoms with Crippen LogP contribution in [0.4, 0.5) is 0 Å². The van der Waals surface area contributed by atoms with Gasteiger partial charge in [-0.25, -0.2) is 4.79 Å². The second-order valence-electron chi connectivity index (χ2n) is 4.45. The van der Waals surface area contributed by atoms with E-state index in [1.165, 1.54) is 11.3 Å². The molecule has 6 heteroatoms. The SMILES string of the molecule is CN1CCN(CCSc2csc(C(=O)O)c2)CC1. The molecule has 1 fully saturated rings. The maximum Gasteiger partial charge on any atom is 0.345 e. The maximum atomic E-state index is 10.8. The van der Waals surface area contributed by atoms with E-state index in [-0.39, 0.29) is 0 Å². The van der Waals surface area contributed by atoms with Crippen molar-refractivity contribution in [1.29, 1.82) is 0 Å². The van der Waals surface area contributed by atoms with Crippen LogP contribution in [0.2, 0.25) is 0 Å². The van der Waals surface area contributed by atoms with Crippen LogP contribution in [0, 0.1) is 0 Å². The summed E-state index contributed by atoms with van der Waals surface area (Å²) < 4.78 is 0. The van der Waals surface area contributed by atoms with Crippen molar-refractivity contribution in [3.63, 3.8) is 0 Å². The van der Waals surface area contributed by atoms with Crippen LogP contribution in [0.5, 0.6) is 0 Å². The summed E-state index contributed by atoms with van der Waals surface area (Å²) in [6.07, 6.45) is 0. The van der Waals surface area contributed by atoms with Crippen LogP contribution in [0.1, 0.15) is 9.67 Å². The normalized spacial score (nSPS) is 18.1. The summed E-state index contributed by atoms with van der Waals surface area (Å²) in [5.41, 5.74) is 0. The third-order valence-corrected chi connectivity index (χ3v) is 5.08. The van der Waals surface area contributed by atoms with Gasteiger partial charge in [-0.05, 0) is 13.1 Å². The second-order valence-corrected chi connectivity index (χ2v) is 6.52. The van der Waals surface area contributed by atoms with Crippen LogP contribution in [-0.4, -0.2) is 66.4 Å². The van der Waals surface area contributed by atoms with E-state index >= 15 is 0 Å². The van der Waals surface area contributed by atoms with Crippen LogP contribution in [0.25, 0.3) is 0 Å². The molecule has 1 aliphatic heterocycles. The number of piperazine rings is 1. The Bertz CT molecular complexity index is 401. The molecule has 0 spiro atoms. The molecule has 1 aromatic rings. The molecule has 0 bridgehead atoms. The number of nitrogens with zero attached hydrogens (tertiary/aromatic N) is 2. The van der Waals surface area contributed by atoms with Gasteiger partial charge in [0.1, 0.15) is 4.88 Å². The van der Waals surface area contributed by atoms with Crippen molar-refractivity contribution in [1.82, 2.24) is 9.80 Å². The van der Waals surface area contributed by atoms with E-state index < -0.39 is 5.97 Å². The van der Waals surface area contributed by atoms with E-state index in [1.807, 2.05) is 5.38 Å². The fraction of sp³-hybridized carbons (Fsp3) is 0.583. The summed E-state index contributed by atoms with van der Waals surface area (Å²) in [4.78, 5) is 17.1. The Morgan fingerprint density at radius 1 is 1.44 bits per heavy atom. The van der Waals surface area contributed by atoms with Crippen LogP contribution >= 0.6 is 23.1 Å². The first-order chi connectivity index (χ1) is 8.65. The van der Waals surface area contributed by atoms with E-state index in [9.17, 15) is 4.79 Å². The number of hydrogen-bond donors (Lipinski definition) is 1. The molecule has 2 heterocycles. The Labute approximate surface area is 116 Å². The van der Waals surface area contributed by atoms with E-state index in [1.54, 1.807) is 17.8 Å². The second kappa shape index (κ2) is 6.56. The Morgan fingerprint density at radius 2 is 2.17 bits per heavy atom. The minimum atomic E-state index is -0.828. The van der Waals surface area contributed by atoms with Crippen molar-refractivity contribution in [2.75, 3.05) is 45.5 Å². The highest BCUT2D eigenvalue weighted by molar-refractivity contribution is 7.99. The first-order valence-corrected chi connectivity index (χ1v) is 7.87. The van der Waals surface area contributed by atoms with Gasteiger partial charge in [0.25, 0.3) is 0 Å². The van der Waals surface area contributed by atoms with Gasteiger partial charge >= 0.3 is 5.97 Å². The molecule has 2 rings (SSSR count). The highest BCUT2D eigenvalue weighted by Crippen LogP contribution is 2.24. The Hall–Kier alpha value is -0.560. The molecule has 1 aromatic heterocycles. The van der Waals surface area contributed by atoms with Crippen LogP contribution < -0.4 is 0 Å². The van der Waals surface area contributed by atoms with Gasteiger partial charge in [0, 0.05) is 48.8 Å². The van der Waals surface area contributed by atoms with Gasteiger partial charge in [0.15, 0.2) is 0 Å². The molecule has 0 aliphatic carbocycles. The molecular weight excluding hydrogens is 268 g/mol. The van der Waals surface area contributed by atoms with Gasteiger partial charge in [-0.3, -0.25) is 4.90 Å². The van der Waals surface area contributed by atoms with Crippen molar-refractivity contribution in [3.05, 3.63) is 16.3 Å². The molecule has 0 amide bonds. The van der Waals surface area contributed by atoms with Crippen LogP contribution in [0.3, 0.4) is 0 Å². The smallest absolute Gasteiger partial charge is 0.345 e. The molecule has 1 aliphatic rings. The first-order valence-electron chi connectivity index (χ1n) is 6.00. The van der Waals surface area contributed by atoms with Gasteiger partial charge < -0.3 is 10.0 Å². The average molecular weight is 286 g/mol. The zero-order chi connectivity index (χ0) is 13.0. The lowest BCUT2D eigenvalue weighted by Gasteiger charge is -2.32. The molecule has 0 aromatic carbocycles. The lowest BCUT2D eigenvalue weighted by Crippen LogP contribution is -2.45. The van der Waals surface area contributed by atoms with Crippen molar-refractivity contribution in [2.45, 2.75) is 4.90 Å². The molecule has 100 valence electrons. The summed E-state index contributed by atoms with van der Waals surface area (Å²) in [7, 11) is 2.16. The van der Waals surface area contributed by atoms with Crippen molar-refractivity contribution in [2.24, 2.45) is 0 Å². The van der Waals surface area contributed by atoms with E-state index in [0.717, 1.165) is 43.4 Å². The van der Waals surface area contributed by atoms with E-state index in [4.69, 9.17) is 5.11 Å². The number of likely N-dealkylation sites (N-methyl/N-ethyl adjacent to an activating group) is 1. The number of thioether (sulfide) groups is 1. The number of rotatable bonds is 5. The topological polar surface area (TPSA) is 43.8 Å². The van der Waals surface area contributed by atoms with Gasteiger partial charge in [0.05, 0.1) is 0 Å². The Balaban J connectivity index is 1.70. The van der Waals surface area contributed by atoms with Gasteiger partial charge in [-0.1, -0.05) is 0 Å². The zero-order valence-corrected chi connectivity index (χ0v) is 12.1. The first kappa shape index (κ1) is 13.9. The molecule has 0 atom stereocenters. The average Bonchev–Trinajstić information content (AvgIpc) is 2.81.